The van der Waals surface area contributed by atoms with E-state index in [9.17, 15) is 9.90 Å². The van der Waals surface area contributed by atoms with Crippen molar-refractivity contribution in [1.82, 2.24) is 0 Å². The van der Waals surface area contributed by atoms with E-state index in [1.807, 2.05) is 0 Å². The molecule has 0 aromatic heterocycles. The number of rotatable bonds is 2. The Bertz CT molecular complexity index is 396. The number of hydrogen-bond acceptors (Lipinski definition) is 3. The third-order valence-corrected chi connectivity index (χ3v) is 1.89. The standard InChI is InChI=1S/C10H11NO3/c1-6(10(13)14)9(12)7-4-2-3-5-8(7)11/h2-5,12H,11H2,1H3,(H,13,14)/b9-6-. The number of nitrogens with two attached hydrogens (primary N) is 1. The Morgan fingerprint density at radius 1 is 1.29 bits per heavy atom. The van der Waals surface area contributed by atoms with E-state index in [1.54, 1.807) is 24.3 Å². The Morgan fingerprint density at radius 2 is 1.86 bits per heavy atom. The molecule has 0 fully saturated rings. The molecule has 1 aromatic rings. The summed E-state index contributed by atoms with van der Waals surface area (Å²) in [6, 6.07) is 6.55. The molecule has 0 radical (unpaired) electrons. The van der Waals surface area contributed by atoms with E-state index < -0.39 is 5.97 Å². The van der Waals surface area contributed by atoms with Crippen LogP contribution in [0.1, 0.15) is 12.5 Å². The summed E-state index contributed by atoms with van der Waals surface area (Å²) < 4.78 is 0. The number of para-hydroxylation sites is 1. The first-order valence-electron chi connectivity index (χ1n) is 4.02. The van der Waals surface area contributed by atoms with Crippen molar-refractivity contribution in [2.24, 2.45) is 0 Å². The zero-order valence-corrected chi connectivity index (χ0v) is 7.69. The van der Waals surface area contributed by atoms with Crippen molar-refractivity contribution < 1.29 is 15.0 Å². The lowest BCUT2D eigenvalue weighted by Gasteiger charge is -2.05. The molecule has 1 rings (SSSR count). The van der Waals surface area contributed by atoms with Gasteiger partial charge in [-0.1, -0.05) is 12.1 Å². The molecule has 0 atom stereocenters. The average molecular weight is 193 g/mol. The second kappa shape index (κ2) is 3.83. The summed E-state index contributed by atoms with van der Waals surface area (Å²) in [5.41, 5.74) is 6.14. The molecular weight excluding hydrogens is 182 g/mol. The highest BCUT2D eigenvalue weighted by molar-refractivity contribution is 5.95. The van der Waals surface area contributed by atoms with Crippen LogP contribution in [-0.4, -0.2) is 16.2 Å². The molecule has 74 valence electrons. The number of carbonyl (C=O) groups is 1. The Balaban J connectivity index is 3.25. The van der Waals surface area contributed by atoms with Gasteiger partial charge in [0.2, 0.25) is 0 Å². The van der Waals surface area contributed by atoms with Crippen molar-refractivity contribution in [2.45, 2.75) is 6.92 Å². The highest BCUT2D eigenvalue weighted by Gasteiger charge is 2.11. The van der Waals surface area contributed by atoms with Crippen molar-refractivity contribution in [1.29, 1.82) is 0 Å². The van der Waals surface area contributed by atoms with E-state index in [-0.39, 0.29) is 11.3 Å². The number of aliphatic hydroxyl groups is 1. The van der Waals surface area contributed by atoms with Crippen LogP contribution in [-0.2, 0) is 4.79 Å². The van der Waals surface area contributed by atoms with Gasteiger partial charge < -0.3 is 15.9 Å². The lowest BCUT2D eigenvalue weighted by Crippen LogP contribution is -2.02. The van der Waals surface area contributed by atoms with Crippen molar-refractivity contribution in [3.8, 4) is 0 Å². The first-order valence-corrected chi connectivity index (χ1v) is 4.02. The van der Waals surface area contributed by atoms with Gasteiger partial charge in [-0.2, -0.15) is 0 Å². The molecule has 0 aliphatic rings. The maximum atomic E-state index is 10.6. The lowest BCUT2D eigenvalue weighted by atomic mass is 10.1. The Hall–Kier alpha value is -1.97. The Morgan fingerprint density at radius 3 is 2.36 bits per heavy atom. The van der Waals surface area contributed by atoms with Gasteiger partial charge in [0.05, 0.1) is 5.57 Å². The van der Waals surface area contributed by atoms with Crippen LogP contribution < -0.4 is 5.73 Å². The number of benzene rings is 1. The van der Waals surface area contributed by atoms with Crippen molar-refractivity contribution in [3.63, 3.8) is 0 Å². The van der Waals surface area contributed by atoms with E-state index in [1.165, 1.54) is 6.92 Å². The van der Waals surface area contributed by atoms with E-state index in [0.717, 1.165) is 0 Å². The quantitative estimate of drug-likeness (QED) is 0.378. The first kappa shape index (κ1) is 10.1. The van der Waals surface area contributed by atoms with Gasteiger partial charge >= 0.3 is 5.97 Å². The van der Waals surface area contributed by atoms with Crippen LogP contribution in [0, 0.1) is 0 Å². The number of aliphatic hydroxyl groups excluding tert-OH is 1. The monoisotopic (exact) mass is 193 g/mol. The molecule has 14 heavy (non-hydrogen) atoms. The predicted molar refractivity (Wildman–Crippen MR) is 53.7 cm³/mol. The molecule has 0 heterocycles. The number of anilines is 1. The fourth-order valence-corrected chi connectivity index (χ4v) is 1.02. The van der Waals surface area contributed by atoms with Crippen LogP contribution in [0.3, 0.4) is 0 Å². The minimum absolute atomic E-state index is 0.122. The molecule has 1 aromatic carbocycles. The Kier molecular flexibility index (Phi) is 2.76. The summed E-state index contributed by atoms with van der Waals surface area (Å²) >= 11 is 0. The van der Waals surface area contributed by atoms with Gasteiger partial charge in [-0.25, -0.2) is 4.79 Å². The average Bonchev–Trinajstić information content (AvgIpc) is 2.16. The molecule has 0 aliphatic heterocycles. The summed E-state index contributed by atoms with van der Waals surface area (Å²) in [7, 11) is 0. The summed E-state index contributed by atoms with van der Waals surface area (Å²) in [6.07, 6.45) is 0. The molecule has 0 bridgehead atoms. The molecule has 0 saturated heterocycles. The Labute approximate surface area is 81.3 Å². The zero-order valence-electron chi connectivity index (χ0n) is 7.69. The van der Waals surface area contributed by atoms with Crippen LogP contribution in [0.15, 0.2) is 29.8 Å². The maximum Gasteiger partial charge on any atom is 0.335 e. The van der Waals surface area contributed by atoms with Crippen LogP contribution >= 0.6 is 0 Å². The summed E-state index contributed by atoms with van der Waals surface area (Å²) in [5.74, 6) is -1.46. The minimum atomic E-state index is -1.16. The minimum Gasteiger partial charge on any atom is -0.507 e. The molecule has 4 heteroatoms. The van der Waals surface area contributed by atoms with Crippen LogP contribution in [0.2, 0.25) is 0 Å². The SMILES string of the molecule is C/C(C(=O)O)=C(/O)c1ccccc1N. The highest BCUT2D eigenvalue weighted by atomic mass is 16.4. The number of nitrogen functional groups attached to an aromatic ring is 1. The fraction of sp³-hybridized carbons (Fsp3) is 0.100. The largest absolute Gasteiger partial charge is 0.507 e. The maximum absolute atomic E-state index is 10.6. The predicted octanol–water partition coefficient (Wildman–Crippen LogP) is 1.64. The third kappa shape index (κ3) is 1.85. The van der Waals surface area contributed by atoms with E-state index in [2.05, 4.69) is 0 Å². The van der Waals surface area contributed by atoms with Crippen molar-refractivity contribution in [2.75, 3.05) is 5.73 Å². The normalized spacial score (nSPS) is 12.1. The summed E-state index contributed by atoms with van der Waals surface area (Å²) in [4.78, 5) is 10.6. The number of carboxylic acids is 1. The van der Waals surface area contributed by atoms with E-state index in [4.69, 9.17) is 10.8 Å². The van der Waals surface area contributed by atoms with Gasteiger partial charge in [-0.05, 0) is 19.1 Å². The third-order valence-electron chi connectivity index (χ3n) is 1.89. The van der Waals surface area contributed by atoms with Crippen molar-refractivity contribution in [3.05, 3.63) is 35.4 Å². The van der Waals surface area contributed by atoms with Gasteiger partial charge in [-0.15, -0.1) is 0 Å². The van der Waals surface area contributed by atoms with Crippen LogP contribution in [0.5, 0.6) is 0 Å². The summed E-state index contributed by atoms with van der Waals surface area (Å²) in [6.45, 7) is 1.32. The topological polar surface area (TPSA) is 83.5 Å². The fourth-order valence-electron chi connectivity index (χ4n) is 1.02. The smallest absolute Gasteiger partial charge is 0.335 e. The van der Waals surface area contributed by atoms with Crippen LogP contribution in [0.25, 0.3) is 5.76 Å². The molecule has 0 saturated carbocycles. The number of aliphatic carboxylic acids is 1. The summed E-state index contributed by atoms with van der Waals surface area (Å²) in [5, 5.41) is 18.2. The molecule has 0 unspecified atom stereocenters. The van der Waals surface area contributed by atoms with Gasteiger partial charge in [0, 0.05) is 11.3 Å². The number of hydrogen-bond donors (Lipinski definition) is 3. The lowest BCUT2D eigenvalue weighted by molar-refractivity contribution is -0.132. The van der Waals surface area contributed by atoms with E-state index >= 15 is 0 Å². The number of carboxylic acid groups (broad SMARTS) is 1. The molecule has 0 spiro atoms. The molecule has 0 amide bonds. The van der Waals surface area contributed by atoms with Gasteiger partial charge in [0.15, 0.2) is 0 Å². The van der Waals surface area contributed by atoms with Crippen LogP contribution in [0.4, 0.5) is 5.69 Å². The van der Waals surface area contributed by atoms with Gasteiger partial charge in [-0.3, -0.25) is 0 Å². The zero-order chi connectivity index (χ0) is 10.7. The molecule has 4 N–H and O–H groups in total. The first-order chi connectivity index (χ1) is 6.54. The highest BCUT2D eigenvalue weighted by Crippen LogP contribution is 2.21. The van der Waals surface area contributed by atoms with Gasteiger partial charge in [0.1, 0.15) is 5.76 Å². The molecular formula is C10H11NO3. The van der Waals surface area contributed by atoms with Crippen molar-refractivity contribution >= 4 is 17.4 Å². The van der Waals surface area contributed by atoms with E-state index in [0.29, 0.717) is 11.3 Å². The molecule has 0 aliphatic carbocycles. The van der Waals surface area contributed by atoms with Gasteiger partial charge in [0.25, 0.3) is 0 Å². The second-order valence-electron chi connectivity index (χ2n) is 2.87. The second-order valence-corrected chi connectivity index (χ2v) is 2.87. The molecule has 4 nitrogen and oxygen atoms in total.